The van der Waals surface area contributed by atoms with Crippen molar-refractivity contribution in [3.63, 3.8) is 0 Å². The highest BCUT2D eigenvalue weighted by atomic mass is 31.2. The van der Waals surface area contributed by atoms with Gasteiger partial charge in [0, 0.05) is 23.0 Å². The Kier molecular flexibility index (Phi) is 8.96. The molecule has 1 heterocycles. The summed E-state index contributed by atoms with van der Waals surface area (Å²) in [6.07, 6.45) is 4.20. The predicted molar refractivity (Wildman–Crippen MR) is 195 cm³/mol. The van der Waals surface area contributed by atoms with Crippen LogP contribution in [0.1, 0.15) is 108 Å². The monoisotopic (exact) mass is 680 g/mol. The van der Waals surface area contributed by atoms with Crippen molar-refractivity contribution in [1.29, 1.82) is 0 Å². The van der Waals surface area contributed by atoms with Gasteiger partial charge in [-0.3, -0.25) is 9.42 Å². The molecule has 0 spiro atoms. The third-order valence-electron chi connectivity index (χ3n) is 10.4. The van der Waals surface area contributed by atoms with E-state index in [1.807, 2.05) is 27.7 Å². The normalized spacial score (nSPS) is 22.8. The van der Waals surface area contributed by atoms with Crippen LogP contribution in [0.25, 0.3) is 11.1 Å². The molecule has 1 aliphatic heterocycles. The fourth-order valence-electron chi connectivity index (χ4n) is 8.54. The van der Waals surface area contributed by atoms with Gasteiger partial charge in [0.05, 0.1) is 18.3 Å². The molecule has 0 aromatic heterocycles. The van der Waals surface area contributed by atoms with Gasteiger partial charge in [0.15, 0.2) is 0 Å². The molecule has 1 N–H and O–H groups in total. The Morgan fingerprint density at radius 3 is 2.02 bits per heavy atom. The van der Waals surface area contributed by atoms with Crippen molar-refractivity contribution in [2.75, 3.05) is 0 Å². The molecule has 6 nitrogen and oxygen atoms in total. The number of hydrogen-bond acceptors (Lipinski definition) is 5. The van der Waals surface area contributed by atoms with Gasteiger partial charge >= 0.3 is 7.82 Å². The lowest BCUT2D eigenvalue weighted by Crippen LogP contribution is -2.35. The molecule has 4 atom stereocenters. The van der Waals surface area contributed by atoms with Gasteiger partial charge in [-0.05, 0) is 161 Å². The number of rotatable bonds is 6. The largest absolute Gasteiger partial charge is 0.527 e. The van der Waals surface area contributed by atoms with Crippen LogP contribution in [0.5, 0.6) is 17.2 Å². The van der Waals surface area contributed by atoms with Crippen molar-refractivity contribution in [2.24, 2.45) is 0 Å². The van der Waals surface area contributed by atoms with E-state index < -0.39 is 13.9 Å². The predicted octanol–water partition coefficient (Wildman–Crippen LogP) is 10.4. The summed E-state index contributed by atoms with van der Waals surface area (Å²) in [6, 6.07) is 19.3. The van der Waals surface area contributed by atoms with Crippen LogP contribution in [-0.2, 0) is 28.4 Å². The lowest BCUT2D eigenvalue weighted by molar-refractivity contribution is 0.107. The van der Waals surface area contributed by atoms with Crippen LogP contribution in [0, 0.1) is 27.7 Å². The number of phosphoric ester groups is 1. The Hall–Kier alpha value is -3.57. The van der Waals surface area contributed by atoms with Gasteiger partial charge in [0.1, 0.15) is 17.2 Å². The third kappa shape index (κ3) is 6.33. The van der Waals surface area contributed by atoms with Crippen molar-refractivity contribution < 1.29 is 28.0 Å². The van der Waals surface area contributed by atoms with Crippen LogP contribution in [-0.4, -0.2) is 23.2 Å². The molecule has 0 radical (unpaired) electrons. The van der Waals surface area contributed by atoms with E-state index >= 15 is 0 Å². The summed E-state index contributed by atoms with van der Waals surface area (Å²) in [5.41, 5.74) is 12.9. The number of phosphoric acid groups is 1. The summed E-state index contributed by atoms with van der Waals surface area (Å²) in [4.78, 5) is 11.6. The van der Waals surface area contributed by atoms with E-state index in [2.05, 4.69) is 82.3 Å². The van der Waals surface area contributed by atoms with Crippen LogP contribution >= 0.6 is 7.82 Å². The summed E-state index contributed by atoms with van der Waals surface area (Å²) in [7, 11) is -4.56. The number of fused-ring (bicyclic) bond motifs is 7. The second-order valence-corrected chi connectivity index (χ2v) is 16.2. The maximum atomic E-state index is 14.2. The maximum absolute atomic E-state index is 14.2. The summed E-state index contributed by atoms with van der Waals surface area (Å²) >= 11 is 0. The second-order valence-electron chi connectivity index (χ2n) is 14.9. The van der Waals surface area contributed by atoms with Gasteiger partial charge in [-0.15, -0.1) is 0 Å². The van der Waals surface area contributed by atoms with E-state index in [0.29, 0.717) is 12.2 Å². The molecule has 2 unspecified atom stereocenters. The highest BCUT2D eigenvalue weighted by Gasteiger charge is 2.49. The molecule has 258 valence electrons. The first-order valence-electron chi connectivity index (χ1n) is 17.8. The standard InChI is InChI=1S/C42H49O6P/c1-23(2)45-39-25(5)17-31(18-26(39)6)35-21-29-13-9-11-15-33(29)37-38-34-16-12-10-14-30(34)22-36(42(38)48-49(43,44)47-41(35)37)32-19-27(7)40(28(8)20-32)46-24(3)4/h9,11,13,15,17-20,22-24,35,37,41H,10,12,14,16,21H2,1-8H3,(H,43,44)/t35?,37-,41-/m1/s1. The minimum Gasteiger partial charge on any atom is -0.490 e. The molecule has 2 aliphatic carbocycles. The Labute approximate surface area is 291 Å². The van der Waals surface area contributed by atoms with E-state index in [-0.39, 0.29) is 24.0 Å². The fraction of sp³-hybridized carbons (Fsp3) is 0.429. The van der Waals surface area contributed by atoms with Gasteiger partial charge < -0.3 is 14.0 Å². The summed E-state index contributed by atoms with van der Waals surface area (Å²) in [5, 5.41) is 0. The molecular weight excluding hydrogens is 631 g/mol. The van der Waals surface area contributed by atoms with E-state index in [1.165, 1.54) is 16.7 Å². The Morgan fingerprint density at radius 1 is 0.796 bits per heavy atom. The van der Waals surface area contributed by atoms with Gasteiger partial charge in [-0.2, -0.15) is 0 Å². The Balaban J connectivity index is 1.48. The minimum absolute atomic E-state index is 0.0479. The molecule has 3 aliphatic rings. The quantitative estimate of drug-likeness (QED) is 0.204. The Bertz CT molecular complexity index is 1930. The van der Waals surface area contributed by atoms with Crippen molar-refractivity contribution >= 4 is 7.82 Å². The van der Waals surface area contributed by atoms with Gasteiger partial charge in [-0.1, -0.05) is 36.4 Å². The van der Waals surface area contributed by atoms with E-state index in [4.69, 9.17) is 18.5 Å². The SMILES string of the molecule is Cc1cc(-c2cc3c(c4c2OP(=O)(O)O[C@@H]2C(c5cc(C)c(OC(C)C)c(C)c5)Cc5ccccc5[C@H]42)CCCC3)cc(C)c1OC(C)C. The highest BCUT2D eigenvalue weighted by Crippen LogP contribution is 2.62. The zero-order chi connectivity index (χ0) is 34.8. The number of aryl methyl sites for hydroxylation is 5. The van der Waals surface area contributed by atoms with Gasteiger partial charge in [-0.25, -0.2) is 4.57 Å². The molecule has 7 rings (SSSR count). The molecule has 0 saturated carbocycles. The molecule has 7 heteroatoms. The molecule has 4 aromatic carbocycles. The molecule has 4 aromatic rings. The van der Waals surface area contributed by atoms with Crippen molar-refractivity contribution in [1.82, 2.24) is 0 Å². The zero-order valence-electron chi connectivity index (χ0n) is 30.1. The Morgan fingerprint density at radius 2 is 1.39 bits per heavy atom. The topological polar surface area (TPSA) is 74.2 Å². The maximum Gasteiger partial charge on any atom is 0.527 e. The average molecular weight is 681 g/mol. The molecule has 0 fully saturated rings. The van der Waals surface area contributed by atoms with Crippen LogP contribution in [0.15, 0.2) is 54.6 Å². The number of benzene rings is 4. The molecular formula is C42H49O6P. The molecule has 0 bridgehead atoms. The molecule has 0 amide bonds. The van der Waals surface area contributed by atoms with Crippen molar-refractivity contribution in [2.45, 2.75) is 118 Å². The lowest BCUT2D eigenvalue weighted by Gasteiger charge is -2.40. The lowest BCUT2D eigenvalue weighted by atomic mass is 9.67. The first-order chi connectivity index (χ1) is 23.3. The molecule has 0 saturated heterocycles. The van der Waals surface area contributed by atoms with Crippen LogP contribution in [0.4, 0.5) is 0 Å². The minimum atomic E-state index is -4.56. The van der Waals surface area contributed by atoms with Crippen LogP contribution < -0.4 is 14.0 Å². The third-order valence-corrected chi connectivity index (χ3v) is 11.3. The molecule has 49 heavy (non-hydrogen) atoms. The van der Waals surface area contributed by atoms with Gasteiger partial charge in [0.2, 0.25) is 0 Å². The van der Waals surface area contributed by atoms with E-state index in [1.54, 1.807) is 0 Å². The van der Waals surface area contributed by atoms with Crippen molar-refractivity contribution in [3.05, 3.63) is 110 Å². The number of ether oxygens (including phenoxy) is 2. The van der Waals surface area contributed by atoms with E-state index in [0.717, 1.165) is 87.3 Å². The van der Waals surface area contributed by atoms with E-state index in [9.17, 15) is 9.46 Å². The van der Waals surface area contributed by atoms with Crippen molar-refractivity contribution in [3.8, 4) is 28.4 Å². The second kappa shape index (κ2) is 13.0. The average Bonchev–Trinajstić information content (AvgIpc) is 3.16. The summed E-state index contributed by atoms with van der Waals surface area (Å²) in [6.45, 7) is 16.4. The van der Waals surface area contributed by atoms with Gasteiger partial charge in [0.25, 0.3) is 0 Å². The zero-order valence-corrected chi connectivity index (χ0v) is 30.9. The first-order valence-corrected chi connectivity index (χ1v) is 19.3. The number of hydrogen-bond donors (Lipinski definition) is 1. The fourth-order valence-corrected chi connectivity index (χ4v) is 9.59. The van der Waals surface area contributed by atoms with Crippen LogP contribution in [0.2, 0.25) is 0 Å². The summed E-state index contributed by atoms with van der Waals surface area (Å²) in [5.74, 6) is 1.76. The van der Waals surface area contributed by atoms with Crippen LogP contribution in [0.3, 0.4) is 0 Å². The first kappa shape index (κ1) is 33.9. The summed E-state index contributed by atoms with van der Waals surface area (Å²) < 4.78 is 39.3. The smallest absolute Gasteiger partial charge is 0.490 e. The highest BCUT2D eigenvalue weighted by molar-refractivity contribution is 7.47.